The Morgan fingerprint density at radius 1 is 0.522 bits per heavy atom. The molecule has 0 fully saturated rings. The van der Waals surface area contributed by atoms with Gasteiger partial charge in [0.15, 0.2) is 0 Å². The number of carbonyl (C=O) groups is 7. The minimum Gasteiger partial charge on any atom is -0.480 e. The van der Waals surface area contributed by atoms with E-state index < -0.39 is 83.2 Å². The normalized spacial score (nSPS) is 14.0. The van der Waals surface area contributed by atoms with Crippen LogP contribution in [0.25, 0.3) is 10.9 Å². The van der Waals surface area contributed by atoms with Crippen LogP contribution < -0.4 is 26.6 Å². The summed E-state index contributed by atoms with van der Waals surface area (Å²) in [5.41, 5.74) is 0.783. The van der Waals surface area contributed by atoms with Crippen molar-refractivity contribution in [1.82, 2.24) is 31.2 Å². The number of alkyl carbamates (subject to hydrolysis) is 1. The van der Waals surface area contributed by atoms with Gasteiger partial charge < -0.3 is 41.2 Å². The van der Waals surface area contributed by atoms with Gasteiger partial charge in [-0.2, -0.15) is 0 Å². The van der Waals surface area contributed by atoms with Gasteiger partial charge in [0.05, 0.1) is 5.52 Å². The molecule has 5 atom stereocenters. The van der Waals surface area contributed by atoms with Gasteiger partial charge in [0.25, 0.3) is 0 Å². The van der Waals surface area contributed by atoms with E-state index in [9.17, 15) is 38.7 Å². The predicted molar refractivity (Wildman–Crippen MR) is 255 cm³/mol. The Kier molecular flexibility index (Phi) is 18.7. The standard InChI is InChI=1S/C51H68N6O10/c1-31(2)25-37(53-46(61)40(28-34-21-15-12-16-22-34)56-48(64)66-50(5,6)7)43(58)54-39(27-33-19-13-11-14-20-33)45(60)52-38(26-32(3)4)44(59)55-41(47(62)63)29-35-30-57(49(65)67-51(8,9)10)42-24-18-17-23-36(35)42/h11-24,30-32,37-41H,25-29H2,1-10H3,(H,52,60)(H,53,61)(H,54,58)(H,55,59)(H,56,64)(H,62,63)/t37-,38-,39+,40+,41+/m1/s1. The van der Waals surface area contributed by atoms with Crippen molar-refractivity contribution < 1.29 is 48.1 Å². The second-order valence-corrected chi connectivity index (χ2v) is 19.6. The number of hydrogen-bond acceptors (Lipinski definition) is 9. The molecule has 0 bridgehead atoms. The van der Waals surface area contributed by atoms with E-state index in [1.807, 2.05) is 45.9 Å². The molecule has 4 aromatic rings. The average molecular weight is 925 g/mol. The Morgan fingerprint density at radius 2 is 0.925 bits per heavy atom. The molecular weight excluding hydrogens is 857 g/mol. The zero-order chi connectivity index (χ0) is 49.6. The summed E-state index contributed by atoms with van der Waals surface area (Å²) in [6, 6.07) is 18.7. The smallest absolute Gasteiger partial charge is 0.419 e. The SMILES string of the molecule is CC(C)C[C@@H](NC(=O)[C@H](Cc1ccccc1)NC(=O)[C@@H](CC(C)C)NC(=O)[C@H](Cc1ccccc1)NC(=O)OC(C)(C)C)C(=O)N[C@@H](Cc1cn(C(=O)OC(C)(C)C)c2ccccc12)C(=O)O. The van der Waals surface area contributed by atoms with Crippen molar-refractivity contribution in [3.63, 3.8) is 0 Å². The van der Waals surface area contributed by atoms with E-state index in [0.717, 1.165) is 5.56 Å². The second-order valence-electron chi connectivity index (χ2n) is 19.6. The lowest BCUT2D eigenvalue weighted by Crippen LogP contribution is -2.60. The van der Waals surface area contributed by atoms with Crippen molar-refractivity contribution in [2.75, 3.05) is 0 Å². The summed E-state index contributed by atoms with van der Waals surface area (Å²) in [4.78, 5) is 95.7. The van der Waals surface area contributed by atoms with Crippen molar-refractivity contribution in [1.29, 1.82) is 0 Å². The Bertz CT molecular complexity index is 2330. The van der Waals surface area contributed by atoms with Crippen LogP contribution in [0.4, 0.5) is 9.59 Å². The molecule has 67 heavy (non-hydrogen) atoms. The third-order valence-electron chi connectivity index (χ3n) is 10.3. The van der Waals surface area contributed by atoms with Gasteiger partial charge in [-0.25, -0.2) is 14.4 Å². The summed E-state index contributed by atoms with van der Waals surface area (Å²) in [7, 11) is 0. The number of nitrogens with one attached hydrogen (secondary N) is 5. The number of aromatic nitrogens is 1. The number of ether oxygens (including phenoxy) is 2. The molecule has 0 aliphatic rings. The Hall–Kier alpha value is -6.71. The third-order valence-corrected chi connectivity index (χ3v) is 10.3. The molecule has 0 radical (unpaired) electrons. The molecule has 5 amide bonds. The van der Waals surface area contributed by atoms with Gasteiger partial charge >= 0.3 is 18.2 Å². The molecule has 0 aliphatic heterocycles. The molecule has 3 aromatic carbocycles. The molecule has 1 heterocycles. The Morgan fingerprint density at radius 3 is 1.37 bits per heavy atom. The number of amides is 5. The highest BCUT2D eigenvalue weighted by Gasteiger charge is 2.34. The van der Waals surface area contributed by atoms with Crippen LogP contribution in [0.2, 0.25) is 0 Å². The highest BCUT2D eigenvalue weighted by Crippen LogP contribution is 2.24. The monoisotopic (exact) mass is 924 g/mol. The lowest BCUT2D eigenvalue weighted by molar-refractivity contribution is -0.142. The van der Waals surface area contributed by atoms with Gasteiger partial charge in [0, 0.05) is 30.8 Å². The summed E-state index contributed by atoms with van der Waals surface area (Å²) in [6.07, 6.45) is 0.235. The maximum Gasteiger partial charge on any atom is 0.419 e. The van der Waals surface area contributed by atoms with Gasteiger partial charge in [0.1, 0.15) is 41.4 Å². The van der Waals surface area contributed by atoms with Crippen LogP contribution in [0.3, 0.4) is 0 Å². The number of hydrogen-bond donors (Lipinski definition) is 6. The van der Waals surface area contributed by atoms with Gasteiger partial charge in [-0.15, -0.1) is 0 Å². The van der Waals surface area contributed by atoms with E-state index in [-0.39, 0.29) is 43.9 Å². The molecule has 6 N–H and O–H groups in total. The fourth-order valence-corrected chi connectivity index (χ4v) is 7.36. The first-order valence-corrected chi connectivity index (χ1v) is 22.7. The molecule has 16 nitrogen and oxygen atoms in total. The lowest BCUT2D eigenvalue weighted by atomic mass is 9.98. The Balaban J connectivity index is 1.59. The van der Waals surface area contributed by atoms with E-state index in [4.69, 9.17) is 9.47 Å². The van der Waals surface area contributed by atoms with Gasteiger partial charge in [-0.1, -0.05) is 107 Å². The number of fused-ring (bicyclic) bond motifs is 1. The molecule has 0 aliphatic carbocycles. The Labute approximate surface area is 393 Å². The van der Waals surface area contributed by atoms with Crippen LogP contribution in [-0.2, 0) is 52.7 Å². The van der Waals surface area contributed by atoms with Crippen LogP contribution >= 0.6 is 0 Å². The number of nitrogens with zero attached hydrogens (tertiary/aromatic N) is 1. The molecular formula is C51H68N6O10. The number of carbonyl (C=O) groups excluding carboxylic acids is 6. The molecule has 362 valence electrons. The van der Waals surface area contributed by atoms with Crippen molar-refractivity contribution in [2.45, 2.75) is 143 Å². The highest BCUT2D eigenvalue weighted by molar-refractivity contribution is 5.97. The van der Waals surface area contributed by atoms with Crippen molar-refractivity contribution >= 4 is 52.7 Å². The molecule has 1 aromatic heterocycles. The van der Waals surface area contributed by atoms with Crippen molar-refractivity contribution in [2.24, 2.45) is 11.8 Å². The van der Waals surface area contributed by atoms with Gasteiger partial charge in [-0.05, 0) is 89.0 Å². The van der Waals surface area contributed by atoms with E-state index in [0.29, 0.717) is 22.0 Å². The first-order chi connectivity index (χ1) is 31.4. The summed E-state index contributed by atoms with van der Waals surface area (Å²) in [5.74, 6) is -4.37. The van der Waals surface area contributed by atoms with Crippen molar-refractivity contribution in [3.8, 4) is 0 Å². The molecule has 4 rings (SSSR count). The number of benzene rings is 3. The van der Waals surface area contributed by atoms with Crippen LogP contribution in [0.15, 0.2) is 91.1 Å². The molecule has 0 spiro atoms. The number of rotatable bonds is 20. The summed E-state index contributed by atoms with van der Waals surface area (Å²) >= 11 is 0. The van der Waals surface area contributed by atoms with Gasteiger partial charge in [0.2, 0.25) is 23.6 Å². The van der Waals surface area contributed by atoms with E-state index >= 15 is 0 Å². The fraction of sp³-hybridized carbons (Fsp3) is 0.471. The number of aliphatic carboxylic acids is 1. The second kappa shape index (κ2) is 23.7. The van der Waals surface area contributed by atoms with Crippen LogP contribution in [-0.4, -0.2) is 92.9 Å². The zero-order valence-corrected chi connectivity index (χ0v) is 40.3. The summed E-state index contributed by atoms with van der Waals surface area (Å²) in [6.45, 7) is 17.7. The molecule has 0 saturated heterocycles. The van der Waals surface area contributed by atoms with Crippen LogP contribution in [0.1, 0.15) is 98.8 Å². The zero-order valence-electron chi connectivity index (χ0n) is 40.3. The minimum absolute atomic E-state index is 0.00701. The number of carboxylic acid groups (broad SMARTS) is 1. The topological polar surface area (TPSA) is 223 Å². The molecule has 16 heteroatoms. The van der Waals surface area contributed by atoms with E-state index in [1.165, 1.54) is 10.8 Å². The van der Waals surface area contributed by atoms with E-state index in [1.54, 1.807) is 108 Å². The summed E-state index contributed by atoms with van der Waals surface area (Å²) in [5, 5.41) is 24.7. The van der Waals surface area contributed by atoms with Crippen LogP contribution in [0, 0.1) is 11.8 Å². The minimum atomic E-state index is -1.47. The molecule has 0 saturated carbocycles. The van der Waals surface area contributed by atoms with E-state index in [2.05, 4.69) is 26.6 Å². The maximum absolute atomic E-state index is 14.4. The average Bonchev–Trinajstić information content (AvgIpc) is 3.59. The maximum atomic E-state index is 14.4. The third kappa shape index (κ3) is 17.2. The molecule has 0 unspecified atom stereocenters. The number of para-hydroxylation sites is 1. The summed E-state index contributed by atoms with van der Waals surface area (Å²) < 4.78 is 12.3. The lowest BCUT2D eigenvalue weighted by Gasteiger charge is -2.28. The first kappa shape index (κ1) is 52.9. The van der Waals surface area contributed by atoms with Crippen molar-refractivity contribution in [3.05, 3.63) is 108 Å². The predicted octanol–water partition coefficient (Wildman–Crippen LogP) is 6.46. The number of carboxylic acids is 1. The highest BCUT2D eigenvalue weighted by atomic mass is 16.6. The van der Waals surface area contributed by atoms with Gasteiger partial charge in [-0.3, -0.25) is 23.7 Å². The fourth-order valence-electron chi connectivity index (χ4n) is 7.36. The first-order valence-electron chi connectivity index (χ1n) is 22.7. The largest absolute Gasteiger partial charge is 0.480 e. The van der Waals surface area contributed by atoms with Crippen LogP contribution in [0.5, 0.6) is 0 Å². The quantitative estimate of drug-likeness (QED) is 0.0568.